The molecule has 0 aliphatic carbocycles. The molecule has 0 unspecified atom stereocenters. The van der Waals surface area contributed by atoms with Crippen LogP contribution < -0.4 is 15.4 Å². The van der Waals surface area contributed by atoms with E-state index in [4.69, 9.17) is 4.74 Å². The zero-order chi connectivity index (χ0) is 33.7. The number of fused-ring (bicyclic) bond motifs is 1. The highest BCUT2D eigenvalue weighted by Gasteiger charge is 2.33. The molecule has 5 aromatic rings. The van der Waals surface area contributed by atoms with Gasteiger partial charge in [0, 0.05) is 35.1 Å². The molecular formula is C38H38F3N5O2. The molecule has 10 heteroatoms. The molecule has 2 heterocycles. The van der Waals surface area contributed by atoms with Gasteiger partial charge < -0.3 is 20.3 Å². The number of nitrogens with zero attached hydrogens (tertiary/aromatic N) is 3. The number of aryl methyl sites for hydroxylation is 1. The molecule has 0 radical (unpaired) electrons. The van der Waals surface area contributed by atoms with Gasteiger partial charge in [0.05, 0.1) is 17.7 Å². The Kier molecular flexibility index (Phi) is 9.91. The predicted octanol–water partition coefficient (Wildman–Crippen LogP) is 9.18. The topological polar surface area (TPSA) is 79.4 Å². The Morgan fingerprint density at radius 3 is 2.50 bits per heavy atom. The van der Waals surface area contributed by atoms with Crippen molar-refractivity contribution in [2.45, 2.75) is 45.7 Å². The van der Waals surface area contributed by atoms with Gasteiger partial charge in [-0.2, -0.15) is 13.2 Å². The Morgan fingerprint density at radius 2 is 1.73 bits per heavy atom. The molecule has 0 spiro atoms. The summed E-state index contributed by atoms with van der Waals surface area (Å²) in [4.78, 5) is 24.8. The van der Waals surface area contributed by atoms with Gasteiger partial charge in [-0.1, -0.05) is 24.6 Å². The van der Waals surface area contributed by atoms with Crippen molar-refractivity contribution in [3.8, 4) is 16.9 Å². The van der Waals surface area contributed by atoms with Crippen molar-refractivity contribution in [2.75, 3.05) is 36.9 Å². The summed E-state index contributed by atoms with van der Waals surface area (Å²) in [6.07, 6.45) is 2.19. The summed E-state index contributed by atoms with van der Waals surface area (Å²) in [6.45, 7) is 7.45. The second-order valence-electron chi connectivity index (χ2n) is 12.2. The van der Waals surface area contributed by atoms with Crippen molar-refractivity contribution in [1.29, 1.82) is 0 Å². The van der Waals surface area contributed by atoms with Crippen molar-refractivity contribution >= 4 is 34.1 Å². The van der Waals surface area contributed by atoms with Crippen molar-refractivity contribution in [1.82, 2.24) is 14.9 Å². The molecule has 0 saturated carbocycles. The third kappa shape index (κ3) is 7.94. The van der Waals surface area contributed by atoms with Crippen molar-refractivity contribution in [2.24, 2.45) is 0 Å². The fraction of sp³-hybridized carbons (Fsp3) is 0.289. The van der Waals surface area contributed by atoms with Crippen molar-refractivity contribution in [3.05, 3.63) is 107 Å². The number of ether oxygens (including phenoxy) is 1. The van der Waals surface area contributed by atoms with Crippen LogP contribution in [0.3, 0.4) is 0 Å². The molecule has 248 valence electrons. The van der Waals surface area contributed by atoms with Gasteiger partial charge in [0.25, 0.3) is 5.91 Å². The van der Waals surface area contributed by atoms with Gasteiger partial charge >= 0.3 is 6.18 Å². The molecule has 1 aliphatic heterocycles. The van der Waals surface area contributed by atoms with Crippen LogP contribution in [-0.4, -0.2) is 47.0 Å². The van der Waals surface area contributed by atoms with E-state index in [0.717, 1.165) is 58.1 Å². The first-order chi connectivity index (χ1) is 23.1. The van der Waals surface area contributed by atoms with Crippen LogP contribution in [0.4, 0.5) is 30.5 Å². The number of carbonyl (C=O) groups is 1. The molecule has 1 aliphatic rings. The lowest BCUT2D eigenvalue weighted by Crippen LogP contribution is -2.31. The molecule has 0 bridgehead atoms. The molecule has 1 saturated heterocycles. The molecule has 4 aromatic carbocycles. The standard InChI is InChI=1S/C38H38F3N5O2/c1-25-10-11-28(36(47)44-34-9-6-8-33(26(34)2)38(39,40)41)23-32(25)27-12-17-35-29(22-27)24-42-37(45-35)43-30-13-15-31(16-14-30)48-21-7-20-46-18-4-3-5-19-46/h6,8-17,22-24H,3-5,7,18-21H2,1-2H3,(H,44,47)(H,42,43,45). The smallest absolute Gasteiger partial charge is 0.416 e. The Hall–Kier alpha value is -4.96. The molecule has 1 amide bonds. The number of rotatable bonds is 10. The van der Waals surface area contributed by atoms with E-state index in [2.05, 4.69) is 25.5 Å². The summed E-state index contributed by atoms with van der Waals surface area (Å²) < 4.78 is 46.1. The van der Waals surface area contributed by atoms with E-state index in [1.807, 2.05) is 55.5 Å². The minimum Gasteiger partial charge on any atom is -0.494 e. The number of hydrogen-bond acceptors (Lipinski definition) is 6. The number of nitrogens with one attached hydrogen (secondary N) is 2. The van der Waals surface area contributed by atoms with Crippen LogP contribution in [0.2, 0.25) is 0 Å². The van der Waals surface area contributed by atoms with Gasteiger partial charge in [-0.15, -0.1) is 0 Å². The SMILES string of the molecule is Cc1ccc(C(=O)Nc2cccc(C(F)(F)F)c2C)cc1-c1ccc2nc(Nc3ccc(OCCCN4CCCCC4)cc3)ncc2c1. The second-order valence-corrected chi connectivity index (χ2v) is 12.2. The van der Waals surface area contributed by atoms with Crippen LogP contribution in [0.5, 0.6) is 5.75 Å². The quantitative estimate of drug-likeness (QED) is 0.146. The third-order valence-electron chi connectivity index (χ3n) is 8.72. The highest BCUT2D eigenvalue weighted by molar-refractivity contribution is 6.05. The molecule has 1 aromatic heterocycles. The van der Waals surface area contributed by atoms with Crippen LogP contribution in [0.1, 0.15) is 52.7 Å². The Balaban J connectivity index is 1.10. The molecule has 48 heavy (non-hydrogen) atoms. The molecule has 1 fully saturated rings. The fourth-order valence-corrected chi connectivity index (χ4v) is 6.03. The zero-order valence-corrected chi connectivity index (χ0v) is 27.0. The average molecular weight is 654 g/mol. The van der Waals surface area contributed by atoms with Crippen LogP contribution in [0, 0.1) is 13.8 Å². The number of halogens is 3. The zero-order valence-electron chi connectivity index (χ0n) is 27.0. The molecule has 2 N–H and O–H groups in total. The summed E-state index contributed by atoms with van der Waals surface area (Å²) in [5, 5.41) is 6.72. The number of anilines is 3. The molecule has 6 rings (SSSR count). The van der Waals surface area contributed by atoms with Gasteiger partial charge in [0.15, 0.2) is 0 Å². The highest BCUT2D eigenvalue weighted by atomic mass is 19.4. The minimum absolute atomic E-state index is 0.0334. The van der Waals surface area contributed by atoms with Crippen LogP contribution in [0.25, 0.3) is 22.0 Å². The van der Waals surface area contributed by atoms with Crippen molar-refractivity contribution in [3.63, 3.8) is 0 Å². The Morgan fingerprint density at radius 1 is 0.938 bits per heavy atom. The Bertz CT molecular complexity index is 1900. The van der Waals surface area contributed by atoms with E-state index >= 15 is 0 Å². The van der Waals surface area contributed by atoms with Crippen LogP contribution in [-0.2, 0) is 6.18 Å². The number of likely N-dealkylation sites (tertiary alicyclic amines) is 1. The average Bonchev–Trinajstić information content (AvgIpc) is 3.08. The number of carbonyl (C=O) groups excluding carboxylic acids is 1. The number of alkyl halides is 3. The Labute approximate surface area is 278 Å². The fourth-order valence-electron chi connectivity index (χ4n) is 6.03. The van der Waals surface area contributed by atoms with E-state index in [1.54, 1.807) is 18.3 Å². The lowest BCUT2D eigenvalue weighted by Gasteiger charge is -2.26. The largest absolute Gasteiger partial charge is 0.494 e. The molecule has 7 nitrogen and oxygen atoms in total. The predicted molar refractivity (Wildman–Crippen MR) is 184 cm³/mol. The number of amides is 1. The molecule has 0 atom stereocenters. The third-order valence-corrected chi connectivity index (χ3v) is 8.72. The minimum atomic E-state index is -4.51. The number of benzene rings is 4. The van der Waals surface area contributed by atoms with E-state index in [-0.39, 0.29) is 11.3 Å². The highest BCUT2D eigenvalue weighted by Crippen LogP contribution is 2.35. The van der Waals surface area contributed by atoms with E-state index in [1.165, 1.54) is 51.4 Å². The van der Waals surface area contributed by atoms with Crippen molar-refractivity contribution < 1.29 is 22.7 Å². The van der Waals surface area contributed by atoms with Gasteiger partial charge in [0.1, 0.15) is 5.75 Å². The van der Waals surface area contributed by atoms with Gasteiger partial charge in [0.2, 0.25) is 5.95 Å². The first kappa shape index (κ1) is 33.0. The van der Waals surface area contributed by atoms with Crippen LogP contribution >= 0.6 is 0 Å². The molecular weight excluding hydrogens is 615 g/mol. The first-order valence-corrected chi connectivity index (χ1v) is 16.2. The maximum absolute atomic E-state index is 13.4. The normalized spacial score (nSPS) is 13.8. The summed E-state index contributed by atoms with van der Waals surface area (Å²) >= 11 is 0. The number of aromatic nitrogens is 2. The maximum atomic E-state index is 13.4. The number of hydrogen-bond donors (Lipinski definition) is 2. The maximum Gasteiger partial charge on any atom is 0.416 e. The van der Waals surface area contributed by atoms with E-state index in [9.17, 15) is 18.0 Å². The summed E-state index contributed by atoms with van der Waals surface area (Å²) in [5.41, 5.74) is 3.85. The number of piperidine rings is 1. The summed E-state index contributed by atoms with van der Waals surface area (Å²) in [6, 6.07) is 22.5. The second kappa shape index (κ2) is 14.4. The summed E-state index contributed by atoms with van der Waals surface area (Å²) in [5.74, 6) is 0.796. The first-order valence-electron chi connectivity index (χ1n) is 16.2. The van der Waals surface area contributed by atoms with Gasteiger partial charge in [-0.05, 0) is 129 Å². The lowest BCUT2D eigenvalue weighted by molar-refractivity contribution is -0.138. The lowest BCUT2D eigenvalue weighted by atomic mass is 9.96. The monoisotopic (exact) mass is 653 g/mol. The van der Waals surface area contributed by atoms with Gasteiger partial charge in [-0.25, -0.2) is 9.97 Å². The van der Waals surface area contributed by atoms with E-state index in [0.29, 0.717) is 18.1 Å². The van der Waals surface area contributed by atoms with Gasteiger partial charge in [-0.3, -0.25) is 4.79 Å². The summed E-state index contributed by atoms with van der Waals surface area (Å²) in [7, 11) is 0. The van der Waals surface area contributed by atoms with E-state index < -0.39 is 17.6 Å². The van der Waals surface area contributed by atoms with Crippen LogP contribution in [0.15, 0.2) is 85.1 Å².